The van der Waals surface area contributed by atoms with Gasteiger partial charge in [-0.15, -0.1) is 0 Å². The van der Waals surface area contributed by atoms with Gasteiger partial charge in [0.15, 0.2) is 0 Å². The van der Waals surface area contributed by atoms with Gasteiger partial charge in [0.1, 0.15) is 0 Å². The van der Waals surface area contributed by atoms with E-state index in [-0.39, 0.29) is 0 Å². The van der Waals surface area contributed by atoms with Gasteiger partial charge in [0.2, 0.25) is 5.91 Å². The second kappa shape index (κ2) is 3.48. The van der Waals surface area contributed by atoms with Crippen LogP contribution in [0.2, 0.25) is 0 Å². The van der Waals surface area contributed by atoms with Crippen LogP contribution in [-0.4, -0.2) is 48.9 Å². The van der Waals surface area contributed by atoms with Crippen LogP contribution in [0, 0.1) is 17.8 Å². The van der Waals surface area contributed by atoms with E-state index in [4.69, 9.17) is 0 Å². The van der Waals surface area contributed by atoms with Crippen molar-refractivity contribution in [2.75, 3.05) is 33.2 Å². The molecule has 1 saturated carbocycles. The predicted molar refractivity (Wildman–Crippen MR) is 58.4 cm³/mol. The Morgan fingerprint density at radius 2 is 1.67 bits per heavy atom. The number of amides is 1. The first-order chi connectivity index (χ1) is 7.24. The van der Waals surface area contributed by atoms with E-state index >= 15 is 0 Å². The summed E-state index contributed by atoms with van der Waals surface area (Å²) in [6.07, 6.45) is 3.55. The lowest BCUT2D eigenvalue weighted by atomic mass is 9.84. The van der Waals surface area contributed by atoms with Crippen molar-refractivity contribution < 1.29 is 4.79 Å². The summed E-state index contributed by atoms with van der Waals surface area (Å²) in [6.45, 7) is 4.45. The van der Waals surface area contributed by atoms with Gasteiger partial charge in [-0.05, 0) is 31.7 Å². The minimum Gasteiger partial charge on any atom is -0.342 e. The molecule has 1 aliphatic carbocycles. The Morgan fingerprint density at radius 1 is 1.07 bits per heavy atom. The maximum Gasteiger partial charge on any atom is 0.225 e. The van der Waals surface area contributed by atoms with Crippen molar-refractivity contribution in [3.63, 3.8) is 0 Å². The van der Waals surface area contributed by atoms with Crippen LogP contribution in [0.25, 0.3) is 0 Å². The Hall–Kier alpha value is -0.570. The summed E-state index contributed by atoms with van der Waals surface area (Å²) in [6, 6.07) is 0. The topological polar surface area (TPSA) is 23.6 Å². The van der Waals surface area contributed by atoms with Crippen LogP contribution >= 0.6 is 0 Å². The predicted octanol–water partition coefficient (Wildman–Crippen LogP) is 0.806. The number of hydrogen-bond donors (Lipinski definition) is 0. The summed E-state index contributed by atoms with van der Waals surface area (Å²) in [5, 5.41) is 0. The van der Waals surface area contributed by atoms with Crippen molar-refractivity contribution in [3.05, 3.63) is 0 Å². The first-order valence-corrected chi connectivity index (χ1v) is 6.21. The van der Waals surface area contributed by atoms with E-state index in [1.807, 2.05) is 0 Å². The van der Waals surface area contributed by atoms with Crippen molar-refractivity contribution in [2.45, 2.75) is 19.3 Å². The van der Waals surface area contributed by atoms with E-state index in [0.29, 0.717) is 11.8 Å². The molecule has 0 spiro atoms. The number of carbonyl (C=O) groups is 1. The molecule has 0 unspecified atom stereocenters. The van der Waals surface area contributed by atoms with Crippen LogP contribution in [-0.2, 0) is 4.79 Å². The lowest BCUT2D eigenvalue weighted by molar-refractivity contribution is -0.137. The number of likely N-dealkylation sites (tertiary alicyclic amines) is 2. The number of hydrogen-bond acceptors (Lipinski definition) is 2. The molecule has 2 saturated heterocycles. The van der Waals surface area contributed by atoms with Crippen LogP contribution in [0.1, 0.15) is 19.3 Å². The molecule has 3 rings (SSSR count). The summed E-state index contributed by atoms with van der Waals surface area (Å²) in [7, 11) is 2.19. The van der Waals surface area contributed by atoms with E-state index in [1.165, 1.54) is 19.5 Å². The maximum absolute atomic E-state index is 12.1. The quantitative estimate of drug-likeness (QED) is 0.636. The van der Waals surface area contributed by atoms with Crippen molar-refractivity contribution in [1.82, 2.24) is 9.80 Å². The fourth-order valence-corrected chi connectivity index (χ4v) is 3.32. The number of nitrogens with zero attached hydrogens (tertiary/aromatic N) is 2. The van der Waals surface area contributed by atoms with Crippen LogP contribution in [0.4, 0.5) is 0 Å². The lowest BCUT2D eigenvalue weighted by Crippen LogP contribution is -2.39. The lowest BCUT2D eigenvalue weighted by Gasteiger charge is -2.29. The second-order valence-corrected chi connectivity index (χ2v) is 5.61. The molecule has 2 atom stereocenters. The molecule has 0 bridgehead atoms. The van der Waals surface area contributed by atoms with Crippen LogP contribution in [0.15, 0.2) is 0 Å². The molecule has 0 aromatic heterocycles. The van der Waals surface area contributed by atoms with Crippen LogP contribution in [0.5, 0.6) is 0 Å². The third kappa shape index (κ3) is 1.57. The maximum atomic E-state index is 12.1. The van der Waals surface area contributed by atoms with Gasteiger partial charge in [0.05, 0.1) is 0 Å². The molecule has 3 nitrogen and oxygen atoms in total. The zero-order chi connectivity index (χ0) is 10.4. The van der Waals surface area contributed by atoms with Gasteiger partial charge in [0, 0.05) is 32.1 Å². The van der Waals surface area contributed by atoms with Gasteiger partial charge in [-0.25, -0.2) is 0 Å². The summed E-state index contributed by atoms with van der Waals surface area (Å²) >= 11 is 0. The first kappa shape index (κ1) is 9.64. The van der Waals surface area contributed by atoms with Crippen molar-refractivity contribution in [1.29, 1.82) is 0 Å². The van der Waals surface area contributed by atoms with Gasteiger partial charge < -0.3 is 9.80 Å². The highest BCUT2D eigenvalue weighted by Gasteiger charge is 2.42. The minimum absolute atomic E-state index is 0.390. The van der Waals surface area contributed by atoms with E-state index in [9.17, 15) is 4.79 Å². The molecule has 2 heterocycles. The smallest absolute Gasteiger partial charge is 0.225 e. The Balaban J connectivity index is 1.60. The zero-order valence-electron chi connectivity index (χ0n) is 9.48. The summed E-state index contributed by atoms with van der Waals surface area (Å²) in [5.74, 6) is 2.37. The molecule has 15 heavy (non-hydrogen) atoms. The van der Waals surface area contributed by atoms with Crippen molar-refractivity contribution >= 4 is 5.91 Å². The molecular formula is C12H20N2O. The Bertz CT molecular complexity index is 261. The highest BCUT2D eigenvalue weighted by atomic mass is 16.2. The molecule has 3 heteroatoms. The molecule has 84 valence electrons. The van der Waals surface area contributed by atoms with E-state index in [0.717, 1.165) is 37.8 Å². The van der Waals surface area contributed by atoms with E-state index in [1.54, 1.807) is 0 Å². The first-order valence-electron chi connectivity index (χ1n) is 6.21. The molecule has 1 amide bonds. The largest absolute Gasteiger partial charge is 0.342 e. The molecule has 0 radical (unpaired) electrons. The van der Waals surface area contributed by atoms with Gasteiger partial charge in [-0.2, -0.15) is 0 Å². The molecule has 0 aromatic carbocycles. The van der Waals surface area contributed by atoms with Gasteiger partial charge in [0.25, 0.3) is 0 Å². The van der Waals surface area contributed by atoms with Crippen LogP contribution in [0.3, 0.4) is 0 Å². The zero-order valence-corrected chi connectivity index (χ0v) is 9.48. The van der Waals surface area contributed by atoms with E-state index in [2.05, 4.69) is 16.8 Å². The average molecular weight is 208 g/mol. The summed E-state index contributed by atoms with van der Waals surface area (Å²) < 4.78 is 0. The molecule has 0 aromatic rings. The molecule has 3 fully saturated rings. The number of rotatable bonds is 1. The monoisotopic (exact) mass is 208 g/mol. The number of carbonyl (C=O) groups excluding carboxylic acids is 1. The average Bonchev–Trinajstić information content (AvgIpc) is 2.56. The second-order valence-electron chi connectivity index (χ2n) is 5.61. The minimum atomic E-state index is 0.390. The van der Waals surface area contributed by atoms with E-state index < -0.39 is 0 Å². The van der Waals surface area contributed by atoms with Gasteiger partial charge in [-0.3, -0.25) is 4.79 Å². The molecule has 3 aliphatic rings. The van der Waals surface area contributed by atoms with Crippen molar-refractivity contribution in [3.8, 4) is 0 Å². The highest BCUT2D eigenvalue weighted by molar-refractivity contribution is 5.79. The Morgan fingerprint density at radius 3 is 2.13 bits per heavy atom. The highest BCUT2D eigenvalue weighted by Crippen LogP contribution is 2.34. The van der Waals surface area contributed by atoms with Gasteiger partial charge in [-0.1, -0.05) is 6.42 Å². The normalized spacial score (nSPS) is 36.7. The third-order valence-electron chi connectivity index (χ3n) is 4.43. The molecule has 0 N–H and O–H groups in total. The molecular weight excluding hydrogens is 188 g/mol. The fourth-order valence-electron chi connectivity index (χ4n) is 3.32. The fraction of sp³-hybridized carbons (Fsp3) is 0.917. The standard InChI is InChI=1S/C12H20N2O/c1-13-5-10-7-14(8-11(10)6-13)12(15)9-3-2-4-9/h9-11H,2-8H2,1H3/t10-,11-/m1/s1. The molecule has 2 aliphatic heterocycles. The SMILES string of the molecule is CN1C[C@@H]2CN(C(=O)C3CCC3)C[C@H]2C1. The van der Waals surface area contributed by atoms with Crippen LogP contribution < -0.4 is 0 Å². The number of fused-ring (bicyclic) bond motifs is 1. The van der Waals surface area contributed by atoms with Gasteiger partial charge >= 0.3 is 0 Å². The Labute approximate surface area is 91.4 Å². The summed E-state index contributed by atoms with van der Waals surface area (Å²) in [5.41, 5.74) is 0. The van der Waals surface area contributed by atoms with Crippen molar-refractivity contribution in [2.24, 2.45) is 17.8 Å². The Kier molecular flexibility index (Phi) is 2.23. The third-order valence-corrected chi connectivity index (χ3v) is 4.43. The summed E-state index contributed by atoms with van der Waals surface area (Å²) in [4.78, 5) is 16.6.